The molecule has 7 nitrogen and oxygen atoms in total. The van der Waals surface area contributed by atoms with Gasteiger partial charge in [-0.05, 0) is 43.3 Å². The monoisotopic (exact) mass is 335 g/mol. The Hall–Kier alpha value is -2.58. The van der Waals surface area contributed by atoms with Crippen molar-refractivity contribution in [3.05, 3.63) is 46.2 Å². The Morgan fingerprint density at radius 3 is 2.48 bits per heavy atom. The Balaban J connectivity index is 1.93. The SMILES string of the molecule is COc1ccc(NC(=O)NC(C)c2ccc(C(=O)NO)s2)cc1. The molecule has 122 valence electrons. The first kappa shape index (κ1) is 16.8. The highest BCUT2D eigenvalue weighted by Gasteiger charge is 2.14. The number of hydrogen-bond donors (Lipinski definition) is 4. The van der Waals surface area contributed by atoms with E-state index in [1.165, 1.54) is 11.3 Å². The molecule has 4 N–H and O–H groups in total. The van der Waals surface area contributed by atoms with Gasteiger partial charge in [-0.3, -0.25) is 10.0 Å². The van der Waals surface area contributed by atoms with Gasteiger partial charge in [-0.1, -0.05) is 0 Å². The fraction of sp³-hybridized carbons (Fsp3) is 0.200. The molecule has 1 heterocycles. The van der Waals surface area contributed by atoms with Gasteiger partial charge in [0.2, 0.25) is 0 Å². The molecule has 0 fully saturated rings. The first-order valence-electron chi connectivity index (χ1n) is 6.79. The molecule has 0 aliphatic carbocycles. The fourth-order valence-electron chi connectivity index (χ4n) is 1.87. The van der Waals surface area contributed by atoms with Crippen LogP contribution in [0, 0.1) is 0 Å². The molecule has 0 saturated heterocycles. The number of rotatable bonds is 5. The molecule has 0 bridgehead atoms. The molecule has 0 aliphatic heterocycles. The second-order valence-corrected chi connectivity index (χ2v) is 5.81. The number of thiophene rings is 1. The summed E-state index contributed by atoms with van der Waals surface area (Å²) in [5.41, 5.74) is 2.22. The van der Waals surface area contributed by atoms with Gasteiger partial charge in [0.25, 0.3) is 5.91 Å². The van der Waals surface area contributed by atoms with Gasteiger partial charge in [-0.2, -0.15) is 0 Å². The van der Waals surface area contributed by atoms with E-state index in [4.69, 9.17) is 9.94 Å². The molecule has 1 aromatic carbocycles. The van der Waals surface area contributed by atoms with Crippen LogP contribution in [0.3, 0.4) is 0 Å². The Bertz CT molecular complexity index is 684. The minimum atomic E-state index is -0.573. The van der Waals surface area contributed by atoms with Crippen molar-refractivity contribution in [2.24, 2.45) is 0 Å². The predicted molar refractivity (Wildman–Crippen MR) is 87.1 cm³/mol. The molecule has 3 amide bonds. The zero-order valence-corrected chi connectivity index (χ0v) is 13.4. The third-order valence-corrected chi connectivity index (χ3v) is 4.34. The number of carbonyl (C=O) groups excluding carboxylic acids is 2. The van der Waals surface area contributed by atoms with Gasteiger partial charge in [0.1, 0.15) is 5.75 Å². The smallest absolute Gasteiger partial charge is 0.319 e. The van der Waals surface area contributed by atoms with E-state index in [9.17, 15) is 9.59 Å². The molecule has 0 radical (unpaired) electrons. The summed E-state index contributed by atoms with van der Waals surface area (Å²) in [5, 5.41) is 14.1. The van der Waals surface area contributed by atoms with E-state index in [0.717, 1.165) is 4.88 Å². The number of amides is 3. The van der Waals surface area contributed by atoms with Crippen LogP contribution in [0.5, 0.6) is 5.75 Å². The van der Waals surface area contributed by atoms with Crippen LogP contribution in [0.4, 0.5) is 10.5 Å². The second kappa shape index (κ2) is 7.61. The highest BCUT2D eigenvalue weighted by Crippen LogP contribution is 2.23. The normalized spacial score (nSPS) is 11.4. The van der Waals surface area contributed by atoms with Gasteiger partial charge in [0, 0.05) is 10.6 Å². The van der Waals surface area contributed by atoms with Gasteiger partial charge in [-0.15, -0.1) is 11.3 Å². The van der Waals surface area contributed by atoms with Crippen molar-refractivity contribution >= 4 is 29.0 Å². The van der Waals surface area contributed by atoms with Crippen LogP contribution in [-0.4, -0.2) is 24.3 Å². The molecule has 8 heteroatoms. The lowest BCUT2D eigenvalue weighted by molar-refractivity contribution is 0.0711. The lowest BCUT2D eigenvalue weighted by Gasteiger charge is -2.13. The van der Waals surface area contributed by atoms with Gasteiger partial charge in [0.15, 0.2) is 0 Å². The van der Waals surface area contributed by atoms with Crippen LogP contribution in [0.15, 0.2) is 36.4 Å². The Morgan fingerprint density at radius 2 is 1.87 bits per heavy atom. The van der Waals surface area contributed by atoms with E-state index in [1.807, 2.05) is 0 Å². The number of benzene rings is 1. The van der Waals surface area contributed by atoms with E-state index >= 15 is 0 Å². The first-order chi connectivity index (χ1) is 11.0. The third-order valence-electron chi connectivity index (χ3n) is 3.07. The van der Waals surface area contributed by atoms with Crippen LogP contribution in [0.25, 0.3) is 0 Å². The van der Waals surface area contributed by atoms with Crippen molar-refractivity contribution in [1.82, 2.24) is 10.8 Å². The van der Waals surface area contributed by atoms with Gasteiger partial charge in [0.05, 0.1) is 18.0 Å². The zero-order valence-electron chi connectivity index (χ0n) is 12.6. The summed E-state index contributed by atoms with van der Waals surface area (Å²) in [7, 11) is 1.57. The standard InChI is InChI=1S/C15H17N3O4S/c1-9(12-7-8-13(23-12)14(19)18-21)16-15(20)17-10-3-5-11(22-2)6-4-10/h3-9,21H,1-2H3,(H,18,19)(H2,16,17,20). The van der Waals surface area contributed by atoms with Crippen molar-refractivity contribution < 1.29 is 19.5 Å². The maximum atomic E-state index is 12.0. The number of ether oxygens (including phenoxy) is 1. The fourth-order valence-corrected chi connectivity index (χ4v) is 2.77. The van der Waals surface area contributed by atoms with Gasteiger partial charge < -0.3 is 15.4 Å². The number of hydroxylamine groups is 1. The molecular weight excluding hydrogens is 318 g/mol. The predicted octanol–water partition coefficient (Wildman–Crippen LogP) is 2.76. The average molecular weight is 335 g/mol. The molecule has 0 spiro atoms. The molecule has 1 unspecified atom stereocenters. The maximum Gasteiger partial charge on any atom is 0.319 e. The highest BCUT2D eigenvalue weighted by atomic mass is 32.1. The summed E-state index contributed by atoms with van der Waals surface area (Å²) in [6.07, 6.45) is 0. The molecule has 2 rings (SSSR count). The lowest BCUT2D eigenvalue weighted by Crippen LogP contribution is -2.30. The number of hydrogen-bond acceptors (Lipinski definition) is 5. The summed E-state index contributed by atoms with van der Waals surface area (Å²) in [5.74, 6) is 0.133. The topological polar surface area (TPSA) is 99.7 Å². The molecule has 2 aromatic rings. The molecule has 0 aliphatic rings. The number of carbonyl (C=O) groups is 2. The van der Waals surface area contributed by atoms with Gasteiger partial charge >= 0.3 is 6.03 Å². The Kier molecular flexibility index (Phi) is 5.56. The first-order valence-corrected chi connectivity index (χ1v) is 7.61. The van der Waals surface area contributed by atoms with Crippen molar-refractivity contribution in [2.75, 3.05) is 12.4 Å². The van der Waals surface area contributed by atoms with E-state index in [-0.39, 0.29) is 12.1 Å². The zero-order chi connectivity index (χ0) is 16.8. The Morgan fingerprint density at radius 1 is 1.17 bits per heavy atom. The third kappa shape index (κ3) is 4.44. The van der Waals surface area contributed by atoms with Crippen molar-refractivity contribution in [1.29, 1.82) is 0 Å². The van der Waals surface area contributed by atoms with Crippen molar-refractivity contribution in [3.63, 3.8) is 0 Å². The van der Waals surface area contributed by atoms with E-state index in [1.54, 1.807) is 55.9 Å². The number of urea groups is 1. The van der Waals surface area contributed by atoms with E-state index in [0.29, 0.717) is 16.3 Å². The second-order valence-electron chi connectivity index (χ2n) is 4.69. The molecule has 1 aromatic heterocycles. The van der Waals surface area contributed by atoms with E-state index < -0.39 is 5.91 Å². The average Bonchev–Trinajstić information content (AvgIpc) is 3.05. The molecule has 0 saturated carbocycles. The van der Waals surface area contributed by atoms with Crippen molar-refractivity contribution in [3.8, 4) is 5.75 Å². The highest BCUT2D eigenvalue weighted by molar-refractivity contribution is 7.14. The maximum absolute atomic E-state index is 12.0. The Labute approximate surface area is 137 Å². The van der Waals surface area contributed by atoms with Crippen LogP contribution in [0.2, 0.25) is 0 Å². The van der Waals surface area contributed by atoms with Crippen LogP contribution in [0.1, 0.15) is 27.5 Å². The number of nitrogens with one attached hydrogen (secondary N) is 3. The minimum Gasteiger partial charge on any atom is -0.497 e. The largest absolute Gasteiger partial charge is 0.497 e. The number of methoxy groups -OCH3 is 1. The number of anilines is 1. The van der Waals surface area contributed by atoms with Crippen LogP contribution < -0.4 is 20.9 Å². The van der Waals surface area contributed by atoms with Gasteiger partial charge in [-0.25, -0.2) is 10.3 Å². The molecule has 23 heavy (non-hydrogen) atoms. The summed E-state index contributed by atoms with van der Waals surface area (Å²) >= 11 is 1.20. The summed E-state index contributed by atoms with van der Waals surface area (Å²) < 4.78 is 5.05. The van der Waals surface area contributed by atoms with Crippen LogP contribution >= 0.6 is 11.3 Å². The minimum absolute atomic E-state index is 0.279. The van der Waals surface area contributed by atoms with Crippen LogP contribution in [-0.2, 0) is 0 Å². The summed E-state index contributed by atoms with van der Waals surface area (Å²) in [6.45, 7) is 1.81. The summed E-state index contributed by atoms with van der Waals surface area (Å²) in [6, 6.07) is 9.65. The lowest BCUT2D eigenvalue weighted by atomic mass is 10.2. The van der Waals surface area contributed by atoms with Crippen molar-refractivity contribution in [2.45, 2.75) is 13.0 Å². The molecule has 1 atom stereocenters. The van der Waals surface area contributed by atoms with E-state index in [2.05, 4.69) is 10.6 Å². The quantitative estimate of drug-likeness (QED) is 0.499. The summed E-state index contributed by atoms with van der Waals surface area (Å²) in [4.78, 5) is 24.5. The molecular formula is C15H17N3O4S.